The van der Waals surface area contributed by atoms with Crippen molar-refractivity contribution < 1.29 is 44.4 Å². The van der Waals surface area contributed by atoms with Gasteiger partial charge in [-0.3, -0.25) is 0 Å². The maximum atomic E-state index is 8.36. The summed E-state index contributed by atoms with van der Waals surface area (Å²) in [4.78, 5) is 8.36. The molecule has 0 aromatic carbocycles. The van der Waals surface area contributed by atoms with Crippen molar-refractivity contribution in [2.45, 2.75) is 0 Å². The standard InChI is InChI=1S/2Mn.HNO3/c;;2-1(3)4/h;;(H,2,3,4). The summed E-state index contributed by atoms with van der Waals surface area (Å²) in [6, 6.07) is 0. The van der Waals surface area contributed by atoms with E-state index in [4.69, 9.17) is 15.3 Å². The molecule has 6 heavy (non-hydrogen) atoms. The van der Waals surface area contributed by atoms with Crippen LogP contribution >= 0.6 is 0 Å². The molecule has 0 spiro atoms. The topological polar surface area (TPSA) is 63.4 Å². The second-order valence-electron chi connectivity index (χ2n) is 0.238. The van der Waals surface area contributed by atoms with Crippen molar-refractivity contribution in [1.82, 2.24) is 0 Å². The van der Waals surface area contributed by atoms with Gasteiger partial charge >= 0.3 is 0 Å². The second-order valence-corrected chi connectivity index (χ2v) is 0.238. The molecule has 0 bridgehead atoms. The molecule has 4 nitrogen and oxygen atoms in total. The molecule has 0 atom stereocenters. The smallest absolute Gasteiger partial charge is 0.291 e. The van der Waals surface area contributed by atoms with Gasteiger partial charge in [0.05, 0.1) is 0 Å². The maximum absolute atomic E-state index is 8.36. The number of hydrogen-bond donors (Lipinski definition) is 1. The van der Waals surface area contributed by atoms with Crippen LogP contribution in [0.5, 0.6) is 0 Å². The zero-order valence-corrected chi connectivity index (χ0v) is 4.83. The van der Waals surface area contributed by atoms with Crippen LogP contribution in [0.1, 0.15) is 0 Å². The number of hydrogen-bond acceptors (Lipinski definition) is 2. The molecule has 0 unspecified atom stereocenters. The minimum absolute atomic E-state index is 0. The van der Waals surface area contributed by atoms with Crippen LogP contribution in [0.2, 0.25) is 0 Å². The first kappa shape index (κ1) is 16.3. The van der Waals surface area contributed by atoms with E-state index in [0.29, 0.717) is 0 Å². The van der Waals surface area contributed by atoms with Gasteiger partial charge < -0.3 is 5.21 Å². The first-order chi connectivity index (χ1) is 1.73. The fourth-order valence-corrected chi connectivity index (χ4v) is 0. The first-order valence-electron chi connectivity index (χ1n) is 0.565. The molecule has 0 amide bonds. The fourth-order valence-electron chi connectivity index (χ4n) is 0. The SMILES string of the molecule is O=[N+]([O-])O.[Mn].[Mn]. The van der Waals surface area contributed by atoms with Crippen LogP contribution in [0.3, 0.4) is 0 Å². The molecule has 0 saturated heterocycles. The summed E-state index contributed by atoms with van der Waals surface area (Å²) in [6.07, 6.45) is 0. The molecule has 0 aromatic heterocycles. The molecule has 0 rings (SSSR count). The molecule has 0 aliphatic rings. The largest absolute Gasteiger partial charge is 0.328 e. The maximum Gasteiger partial charge on any atom is 0.291 e. The van der Waals surface area contributed by atoms with Gasteiger partial charge in [0.25, 0.3) is 5.09 Å². The molecule has 0 heterocycles. The molecule has 0 aliphatic heterocycles. The molecule has 6 heteroatoms. The van der Waals surface area contributed by atoms with Crippen LogP contribution in [0.25, 0.3) is 0 Å². The van der Waals surface area contributed by atoms with Crippen molar-refractivity contribution in [3.8, 4) is 0 Å². The van der Waals surface area contributed by atoms with Gasteiger partial charge in [-0.25, -0.2) is 0 Å². The fraction of sp³-hybridized carbons (Fsp3) is 0. The molecule has 0 aromatic rings. The van der Waals surface area contributed by atoms with Crippen LogP contribution in [0.4, 0.5) is 0 Å². The van der Waals surface area contributed by atoms with E-state index in [1.165, 1.54) is 0 Å². The molecule has 38 valence electrons. The van der Waals surface area contributed by atoms with Gasteiger partial charge in [0, 0.05) is 34.1 Å². The summed E-state index contributed by atoms with van der Waals surface area (Å²) < 4.78 is 0. The van der Waals surface area contributed by atoms with Crippen LogP contribution in [-0.4, -0.2) is 10.3 Å². The van der Waals surface area contributed by atoms with Gasteiger partial charge in [-0.1, -0.05) is 0 Å². The summed E-state index contributed by atoms with van der Waals surface area (Å²) in [5.41, 5.74) is 0. The van der Waals surface area contributed by atoms with Gasteiger partial charge in [0.1, 0.15) is 0 Å². The average molecular weight is 173 g/mol. The molecule has 1 N–H and O–H groups in total. The Bertz CT molecular complexity index is 31.8. The Morgan fingerprint density at radius 3 is 1.50 bits per heavy atom. The molecular formula is HMn2NO3. The van der Waals surface area contributed by atoms with Crippen molar-refractivity contribution in [3.05, 3.63) is 10.1 Å². The van der Waals surface area contributed by atoms with Gasteiger partial charge in [0.2, 0.25) is 0 Å². The third-order valence-electron chi connectivity index (χ3n) is 0. The van der Waals surface area contributed by atoms with Crippen molar-refractivity contribution in [2.75, 3.05) is 0 Å². The predicted octanol–water partition coefficient (Wildman–Crippen LogP) is -0.353. The van der Waals surface area contributed by atoms with E-state index in [1.807, 2.05) is 0 Å². The summed E-state index contributed by atoms with van der Waals surface area (Å²) in [7, 11) is 0. The van der Waals surface area contributed by atoms with E-state index in [0.717, 1.165) is 0 Å². The van der Waals surface area contributed by atoms with Gasteiger partial charge in [0.15, 0.2) is 0 Å². The second kappa shape index (κ2) is 8.97. The molecule has 0 aliphatic carbocycles. The van der Waals surface area contributed by atoms with Crippen molar-refractivity contribution >= 4 is 0 Å². The summed E-state index contributed by atoms with van der Waals surface area (Å²) in [6.45, 7) is 0. The van der Waals surface area contributed by atoms with E-state index >= 15 is 0 Å². The van der Waals surface area contributed by atoms with Crippen LogP contribution in [-0.2, 0) is 34.1 Å². The van der Waals surface area contributed by atoms with E-state index in [1.54, 1.807) is 0 Å². The zero-order chi connectivity index (χ0) is 3.58. The Morgan fingerprint density at radius 2 is 1.50 bits per heavy atom. The van der Waals surface area contributed by atoms with Gasteiger partial charge in [-0.05, 0) is 0 Å². The summed E-state index contributed by atoms with van der Waals surface area (Å²) >= 11 is 0. The summed E-state index contributed by atoms with van der Waals surface area (Å²) in [5.74, 6) is 0. The van der Waals surface area contributed by atoms with Crippen molar-refractivity contribution in [1.29, 1.82) is 0 Å². The van der Waals surface area contributed by atoms with Gasteiger partial charge in [-0.2, -0.15) is 0 Å². The Morgan fingerprint density at radius 1 is 1.50 bits per heavy atom. The number of rotatable bonds is 0. The number of nitrogens with zero attached hydrogens (tertiary/aromatic N) is 1. The Kier molecular flexibility index (Phi) is 24.4. The van der Waals surface area contributed by atoms with Gasteiger partial charge in [-0.15, -0.1) is 10.1 Å². The Labute approximate surface area is 55.0 Å². The van der Waals surface area contributed by atoms with Crippen molar-refractivity contribution in [3.63, 3.8) is 0 Å². The Balaban J connectivity index is -0.0000000450. The van der Waals surface area contributed by atoms with Crippen molar-refractivity contribution in [2.24, 2.45) is 0 Å². The minimum Gasteiger partial charge on any atom is -0.328 e. The molecular weight excluding hydrogens is 172 g/mol. The van der Waals surface area contributed by atoms with E-state index in [2.05, 4.69) is 0 Å². The van der Waals surface area contributed by atoms with Crippen LogP contribution < -0.4 is 0 Å². The molecule has 0 fully saturated rings. The third kappa shape index (κ3) is 779. The predicted molar refractivity (Wildman–Crippen MR) is 8.78 cm³/mol. The average Bonchev–Trinajstić information content (AvgIpc) is 0.811. The van der Waals surface area contributed by atoms with Crippen LogP contribution in [0, 0.1) is 10.1 Å². The summed E-state index contributed by atoms with van der Waals surface area (Å²) in [5, 5.41) is 13.6. The minimum atomic E-state index is -1.50. The zero-order valence-electron chi connectivity index (χ0n) is 2.47. The third-order valence-corrected chi connectivity index (χ3v) is 0. The van der Waals surface area contributed by atoms with E-state index in [9.17, 15) is 0 Å². The van der Waals surface area contributed by atoms with Crippen LogP contribution in [0.15, 0.2) is 0 Å². The molecule has 0 saturated carbocycles. The normalized spacial score (nSPS) is 4.00. The van der Waals surface area contributed by atoms with E-state index < -0.39 is 5.09 Å². The Hall–Kier alpha value is 0.239. The first-order valence-corrected chi connectivity index (χ1v) is 0.565. The van der Waals surface area contributed by atoms with E-state index in [-0.39, 0.29) is 34.1 Å². The quantitative estimate of drug-likeness (QED) is 0.309. The monoisotopic (exact) mass is 173 g/mol. The molecule has 2 radical (unpaired) electrons.